The van der Waals surface area contributed by atoms with Gasteiger partial charge in [-0.15, -0.1) is 0 Å². The summed E-state index contributed by atoms with van der Waals surface area (Å²) in [5, 5.41) is 0. The molecule has 3 heteroatoms. The third-order valence-electron chi connectivity index (χ3n) is 2.82. The van der Waals surface area contributed by atoms with Crippen molar-refractivity contribution in [2.45, 2.75) is 26.3 Å². The number of hydrogen-bond acceptors (Lipinski definition) is 2. The fraction of sp³-hybridized carbons (Fsp3) is 0.667. The zero-order valence-corrected chi connectivity index (χ0v) is 7.45. The van der Waals surface area contributed by atoms with Gasteiger partial charge < -0.3 is 10.3 Å². The molecule has 1 saturated carbocycles. The zero-order chi connectivity index (χ0) is 8.60. The van der Waals surface area contributed by atoms with E-state index >= 15 is 0 Å². The molecule has 0 atom stereocenters. The van der Waals surface area contributed by atoms with Gasteiger partial charge in [0.15, 0.2) is 0 Å². The quantitative estimate of drug-likeness (QED) is 0.724. The van der Waals surface area contributed by atoms with Crippen molar-refractivity contribution in [1.29, 1.82) is 0 Å². The number of imidazole rings is 1. The molecule has 0 spiro atoms. The van der Waals surface area contributed by atoms with Crippen molar-refractivity contribution >= 4 is 0 Å². The van der Waals surface area contributed by atoms with E-state index in [2.05, 4.69) is 9.55 Å². The standard InChI is InChI=1S/C9H15N3/c1-8-11-4-5-12(8)7-9(6-10)2-3-9/h4-5H,2-3,6-7,10H2,1H3. The second kappa shape index (κ2) is 2.59. The molecule has 1 fully saturated rings. The van der Waals surface area contributed by atoms with Gasteiger partial charge in [0.1, 0.15) is 5.82 Å². The van der Waals surface area contributed by atoms with Crippen LogP contribution in [0.1, 0.15) is 18.7 Å². The molecule has 0 bridgehead atoms. The maximum atomic E-state index is 5.70. The van der Waals surface area contributed by atoms with E-state index in [0.29, 0.717) is 5.41 Å². The lowest BCUT2D eigenvalue weighted by molar-refractivity contribution is 0.427. The third kappa shape index (κ3) is 1.25. The number of hydrogen-bond donors (Lipinski definition) is 1. The highest BCUT2D eigenvalue weighted by Gasteiger charge is 2.41. The Bertz CT molecular complexity index is 273. The minimum atomic E-state index is 0.408. The van der Waals surface area contributed by atoms with Crippen LogP contribution in [0, 0.1) is 12.3 Å². The number of aryl methyl sites for hydroxylation is 1. The van der Waals surface area contributed by atoms with Gasteiger partial charge in [0.25, 0.3) is 0 Å². The summed E-state index contributed by atoms with van der Waals surface area (Å²) in [7, 11) is 0. The molecule has 0 aromatic carbocycles. The van der Waals surface area contributed by atoms with Crippen molar-refractivity contribution in [2.24, 2.45) is 11.1 Å². The molecule has 0 radical (unpaired) electrons. The highest BCUT2D eigenvalue weighted by atomic mass is 15.1. The van der Waals surface area contributed by atoms with Crippen LogP contribution in [0.3, 0.4) is 0 Å². The summed E-state index contributed by atoms with van der Waals surface area (Å²) in [6.07, 6.45) is 6.44. The van der Waals surface area contributed by atoms with E-state index in [-0.39, 0.29) is 0 Å². The lowest BCUT2D eigenvalue weighted by atomic mass is 10.1. The van der Waals surface area contributed by atoms with Gasteiger partial charge in [-0.1, -0.05) is 0 Å². The predicted molar refractivity (Wildman–Crippen MR) is 47.7 cm³/mol. The zero-order valence-electron chi connectivity index (χ0n) is 7.45. The number of nitrogens with zero attached hydrogens (tertiary/aromatic N) is 2. The van der Waals surface area contributed by atoms with Crippen LogP contribution in [0.25, 0.3) is 0 Å². The summed E-state index contributed by atoms with van der Waals surface area (Å²) in [5.74, 6) is 1.09. The van der Waals surface area contributed by atoms with Crippen LogP contribution in [0.2, 0.25) is 0 Å². The van der Waals surface area contributed by atoms with Crippen LogP contribution in [0.4, 0.5) is 0 Å². The Labute approximate surface area is 72.6 Å². The fourth-order valence-corrected chi connectivity index (χ4v) is 1.54. The van der Waals surface area contributed by atoms with Crippen molar-refractivity contribution in [3.8, 4) is 0 Å². The van der Waals surface area contributed by atoms with Crippen molar-refractivity contribution < 1.29 is 0 Å². The van der Waals surface area contributed by atoms with Crippen LogP contribution in [-0.4, -0.2) is 16.1 Å². The molecule has 0 unspecified atom stereocenters. The van der Waals surface area contributed by atoms with E-state index < -0.39 is 0 Å². The van der Waals surface area contributed by atoms with E-state index in [1.165, 1.54) is 12.8 Å². The molecule has 0 amide bonds. The molecule has 0 saturated heterocycles. The SMILES string of the molecule is Cc1nccn1CC1(CN)CC1. The van der Waals surface area contributed by atoms with Crippen LogP contribution in [0.5, 0.6) is 0 Å². The first-order chi connectivity index (χ1) is 5.76. The average Bonchev–Trinajstić information content (AvgIpc) is 2.74. The Kier molecular flexibility index (Phi) is 1.68. The molecule has 12 heavy (non-hydrogen) atoms. The largest absolute Gasteiger partial charge is 0.335 e. The van der Waals surface area contributed by atoms with E-state index in [1.54, 1.807) is 0 Å². The maximum Gasteiger partial charge on any atom is 0.105 e. The van der Waals surface area contributed by atoms with Gasteiger partial charge in [-0.3, -0.25) is 0 Å². The molecule has 1 heterocycles. The van der Waals surface area contributed by atoms with E-state index in [1.807, 2.05) is 19.3 Å². The van der Waals surface area contributed by atoms with Crippen molar-refractivity contribution in [1.82, 2.24) is 9.55 Å². The van der Waals surface area contributed by atoms with Crippen molar-refractivity contribution in [2.75, 3.05) is 6.54 Å². The van der Waals surface area contributed by atoms with Crippen LogP contribution >= 0.6 is 0 Å². The molecule has 1 aromatic rings. The third-order valence-corrected chi connectivity index (χ3v) is 2.82. The topological polar surface area (TPSA) is 43.8 Å². The molecule has 1 aliphatic carbocycles. The molecule has 3 nitrogen and oxygen atoms in total. The maximum absolute atomic E-state index is 5.70. The smallest absolute Gasteiger partial charge is 0.105 e. The lowest BCUT2D eigenvalue weighted by Gasteiger charge is -2.13. The highest BCUT2D eigenvalue weighted by Crippen LogP contribution is 2.46. The number of nitrogens with two attached hydrogens (primary N) is 1. The summed E-state index contributed by atoms with van der Waals surface area (Å²) in [5.41, 5.74) is 6.11. The second-order valence-electron chi connectivity index (χ2n) is 3.81. The van der Waals surface area contributed by atoms with Gasteiger partial charge in [-0.2, -0.15) is 0 Å². The molecule has 66 valence electrons. The molecule has 1 aliphatic rings. The summed E-state index contributed by atoms with van der Waals surface area (Å²) >= 11 is 0. The van der Waals surface area contributed by atoms with E-state index in [4.69, 9.17) is 5.73 Å². The molecule has 1 aromatic heterocycles. The summed E-state index contributed by atoms with van der Waals surface area (Å²) in [4.78, 5) is 4.19. The second-order valence-corrected chi connectivity index (χ2v) is 3.81. The Morgan fingerprint density at radius 3 is 2.83 bits per heavy atom. The van der Waals surface area contributed by atoms with Gasteiger partial charge in [0.05, 0.1) is 0 Å². The Balaban J connectivity index is 2.08. The molecule has 2 N–H and O–H groups in total. The highest BCUT2D eigenvalue weighted by molar-refractivity contribution is 4.98. The first-order valence-corrected chi connectivity index (χ1v) is 4.44. The van der Waals surface area contributed by atoms with Gasteiger partial charge in [0, 0.05) is 24.4 Å². The first-order valence-electron chi connectivity index (χ1n) is 4.44. The summed E-state index contributed by atoms with van der Waals surface area (Å²) in [6, 6.07) is 0. The van der Waals surface area contributed by atoms with E-state index in [9.17, 15) is 0 Å². The monoisotopic (exact) mass is 165 g/mol. The molecule has 0 aliphatic heterocycles. The van der Waals surface area contributed by atoms with Crippen molar-refractivity contribution in [3.63, 3.8) is 0 Å². The molecular weight excluding hydrogens is 150 g/mol. The van der Waals surface area contributed by atoms with Gasteiger partial charge in [-0.25, -0.2) is 4.98 Å². The number of rotatable bonds is 3. The van der Waals surface area contributed by atoms with Gasteiger partial charge >= 0.3 is 0 Å². The Hall–Kier alpha value is -0.830. The fourth-order valence-electron chi connectivity index (χ4n) is 1.54. The summed E-state index contributed by atoms with van der Waals surface area (Å²) in [6.45, 7) is 3.90. The molecule has 2 rings (SSSR count). The first kappa shape index (κ1) is 7.80. The molecular formula is C9H15N3. The average molecular weight is 165 g/mol. The van der Waals surface area contributed by atoms with Crippen molar-refractivity contribution in [3.05, 3.63) is 18.2 Å². The minimum absolute atomic E-state index is 0.408. The summed E-state index contributed by atoms with van der Waals surface area (Å²) < 4.78 is 2.19. The van der Waals surface area contributed by atoms with Crippen LogP contribution in [0.15, 0.2) is 12.4 Å². The normalized spacial score (nSPS) is 19.5. The van der Waals surface area contributed by atoms with Gasteiger partial charge in [-0.05, 0) is 26.3 Å². The van der Waals surface area contributed by atoms with Crippen LogP contribution in [-0.2, 0) is 6.54 Å². The minimum Gasteiger partial charge on any atom is -0.335 e. The van der Waals surface area contributed by atoms with E-state index in [0.717, 1.165) is 18.9 Å². The van der Waals surface area contributed by atoms with Gasteiger partial charge in [0.2, 0.25) is 0 Å². The number of aromatic nitrogens is 2. The Morgan fingerprint density at radius 2 is 2.42 bits per heavy atom. The predicted octanol–water partition coefficient (Wildman–Crippen LogP) is 0.930. The lowest BCUT2D eigenvalue weighted by Crippen LogP contribution is -2.21. The Morgan fingerprint density at radius 1 is 1.67 bits per heavy atom. The van der Waals surface area contributed by atoms with Crippen LogP contribution < -0.4 is 5.73 Å².